The van der Waals surface area contributed by atoms with Gasteiger partial charge < -0.3 is 20.1 Å². The van der Waals surface area contributed by atoms with Crippen LogP contribution in [-0.4, -0.2) is 31.6 Å². The van der Waals surface area contributed by atoms with Gasteiger partial charge in [-0.1, -0.05) is 54.6 Å². The van der Waals surface area contributed by atoms with Gasteiger partial charge in [-0.25, -0.2) is 0 Å². The highest BCUT2D eigenvalue weighted by Gasteiger charge is 2.20. The standard InChI is InChI=1S/C26H24N2O4/c1-31-19-10-7-11-20(16-19)32-24-15-5-4-14-23(24)28-25(29)17-27-26(30)22-13-6-9-18-8-2-3-12-21(18)22/h2-14,16,24H,15,17H2,1H3,(H,27,30)(H,28,29). The Morgan fingerprint density at radius 2 is 1.78 bits per heavy atom. The molecule has 2 N–H and O–H groups in total. The molecule has 4 rings (SSSR count). The Labute approximate surface area is 186 Å². The Morgan fingerprint density at radius 3 is 2.66 bits per heavy atom. The molecule has 6 nitrogen and oxygen atoms in total. The molecule has 1 aliphatic rings. The lowest BCUT2D eigenvalue weighted by atomic mass is 10.0. The molecule has 2 amide bonds. The fourth-order valence-electron chi connectivity index (χ4n) is 3.57. The van der Waals surface area contributed by atoms with Crippen molar-refractivity contribution in [1.29, 1.82) is 0 Å². The van der Waals surface area contributed by atoms with Gasteiger partial charge in [-0.15, -0.1) is 0 Å². The molecule has 0 aromatic heterocycles. The van der Waals surface area contributed by atoms with Crippen molar-refractivity contribution in [2.75, 3.05) is 13.7 Å². The summed E-state index contributed by atoms with van der Waals surface area (Å²) in [7, 11) is 1.60. The third-order valence-corrected chi connectivity index (χ3v) is 5.16. The zero-order chi connectivity index (χ0) is 22.3. The maximum atomic E-state index is 12.7. The number of nitrogens with one attached hydrogen (secondary N) is 2. The average molecular weight is 428 g/mol. The highest BCUT2D eigenvalue weighted by Crippen LogP contribution is 2.24. The molecule has 0 aliphatic heterocycles. The van der Waals surface area contributed by atoms with E-state index in [1.807, 2.05) is 66.7 Å². The molecule has 162 valence electrons. The van der Waals surface area contributed by atoms with Gasteiger partial charge >= 0.3 is 0 Å². The van der Waals surface area contributed by atoms with E-state index < -0.39 is 0 Å². The minimum atomic E-state index is -0.343. The first-order valence-electron chi connectivity index (χ1n) is 10.4. The predicted octanol–water partition coefficient (Wildman–Crippen LogP) is 3.99. The van der Waals surface area contributed by atoms with Crippen LogP contribution in [0.15, 0.2) is 90.7 Å². The number of methoxy groups -OCH3 is 1. The van der Waals surface area contributed by atoms with Gasteiger partial charge in [0.2, 0.25) is 5.91 Å². The number of fused-ring (bicyclic) bond motifs is 1. The third kappa shape index (κ3) is 4.98. The summed E-state index contributed by atoms with van der Waals surface area (Å²) in [6.07, 6.45) is 5.92. The van der Waals surface area contributed by atoms with Gasteiger partial charge in [-0.3, -0.25) is 9.59 Å². The van der Waals surface area contributed by atoms with E-state index in [0.717, 1.165) is 10.8 Å². The largest absolute Gasteiger partial charge is 0.497 e. The van der Waals surface area contributed by atoms with Crippen LogP contribution >= 0.6 is 0 Å². The lowest BCUT2D eigenvalue weighted by Gasteiger charge is -2.23. The summed E-state index contributed by atoms with van der Waals surface area (Å²) in [5.41, 5.74) is 1.18. The van der Waals surface area contributed by atoms with Crippen LogP contribution in [0.5, 0.6) is 11.5 Å². The zero-order valence-corrected chi connectivity index (χ0v) is 17.7. The molecular formula is C26H24N2O4. The van der Waals surface area contributed by atoms with Crippen molar-refractivity contribution in [3.8, 4) is 11.5 Å². The minimum Gasteiger partial charge on any atom is -0.497 e. The lowest BCUT2D eigenvalue weighted by molar-refractivity contribution is -0.119. The highest BCUT2D eigenvalue weighted by atomic mass is 16.5. The molecule has 6 heteroatoms. The lowest BCUT2D eigenvalue weighted by Crippen LogP contribution is -2.40. The van der Waals surface area contributed by atoms with Gasteiger partial charge in [-0.05, 0) is 35.0 Å². The molecule has 1 unspecified atom stereocenters. The molecule has 32 heavy (non-hydrogen) atoms. The normalized spacial score (nSPS) is 15.0. The molecular weight excluding hydrogens is 404 g/mol. The van der Waals surface area contributed by atoms with Gasteiger partial charge in [0, 0.05) is 18.1 Å². The number of amides is 2. The molecule has 3 aromatic rings. The average Bonchev–Trinajstić information content (AvgIpc) is 2.83. The van der Waals surface area contributed by atoms with Crippen LogP contribution in [0.1, 0.15) is 16.8 Å². The molecule has 0 heterocycles. The highest BCUT2D eigenvalue weighted by molar-refractivity contribution is 6.07. The van der Waals surface area contributed by atoms with Crippen LogP contribution in [0.2, 0.25) is 0 Å². The van der Waals surface area contributed by atoms with E-state index in [2.05, 4.69) is 10.6 Å². The summed E-state index contributed by atoms with van der Waals surface area (Å²) in [5.74, 6) is 0.728. The van der Waals surface area contributed by atoms with E-state index in [-0.39, 0.29) is 24.5 Å². The van der Waals surface area contributed by atoms with Gasteiger partial charge in [0.25, 0.3) is 5.91 Å². The summed E-state index contributed by atoms with van der Waals surface area (Å²) in [5, 5.41) is 7.39. The topological polar surface area (TPSA) is 76.7 Å². The van der Waals surface area contributed by atoms with Crippen LogP contribution in [0.25, 0.3) is 10.8 Å². The second-order valence-corrected chi connectivity index (χ2v) is 7.33. The molecule has 0 spiro atoms. The Morgan fingerprint density at radius 1 is 1.00 bits per heavy atom. The Balaban J connectivity index is 1.37. The van der Waals surface area contributed by atoms with E-state index >= 15 is 0 Å². The van der Waals surface area contributed by atoms with E-state index in [1.165, 1.54) is 0 Å². The Hall–Kier alpha value is -4.06. The van der Waals surface area contributed by atoms with Crippen LogP contribution in [0, 0.1) is 0 Å². The summed E-state index contributed by atoms with van der Waals surface area (Å²) in [4.78, 5) is 25.2. The molecule has 0 saturated carbocycles. The molecule has 0 bridgehead atoms. The van der Waals surface area contributed by atoms with Crippen molar-refractivity contribution in [2.24, 2.45) is 0 Å². The van der Waals surface area contributed by atoms with Crippen molar-refractivity contribution < 1.29 is 19.1 Å². The number of hydrogen-bond donors (Lipinski definition) is 2. The molecule has 1 atom stereocenters. The quantitative estimate of drug-likeness (QED) is 0.597. The molecule has 0 radical (unpaired) electrons. The molecule has 1 aliphatic carbocycles. The second kappa shape index (κ2) is 9.83. The van der Waals surface area contributed by atoms with E-state index in [9.17, 15) is 9.59 Å². The number of carbonyl (C=O) groups excluding carboxylic acids is 2. The number of ether oxygens (including phenoxy) is 2. The van der Waals surface area contributed by atoms with Crippen LogP contribution in [0.3, 0.4) is 0 Å². The van der Waals surface area contributed by atoms with Crippen molar-refractivity contribution >= 4 is 22.6 Å². The molecule has 3 aromatic carbocycles. The third-order valence-electron chi connectivity index (χ3n) is 5.16. The Kier molecular flexibility index (Phi) is 6.51. The van der Waals surface area contributed by atoms with Crippen LogP contribution in [-0.2, 0) is 4.79 Å². The smallest absolute Gasteiger partial charge is 0.252 e. The first kappa shape index (κ1) is 21.2. The van der Waals surface area contributed by atoms with Crippen LogP contribution in [0.4, 0.5) is 0 Å². The monoisotopic (exact) mass is 428 g/mol. The van der Waals surface area contributed by atoms with Crippen molar-refractivity contribution in [2.45, 2.75) is 12.5 Å². The molecule has 0 fully saturated rings. The summed E-state index contributed by atoms with van der Waals surface area (Å²) in [6.45, 7) is -0.144. The van der Waals surface area contributed by atoms with Gasteiger partial charge in [0.05, 0.1) is 19.4 Å². The Bertz CT molecular complexity index is 1190. The summed E-state index contributed by atoms with van der Waals surface area (Å²) in [6, 6.07) is 20.5. The second-order valence-electron chi connectivity index (χ2n) is 7.33. The number of carbonyl (C=O) groups is 2. The van der Waals surface area contributed by atoms with E-state index in [1.54, 1.807) is 25.3 Å². The van der Waals surface area contributed by atoms with Crippen LogP contribution < -0.4 is 20.1 Å². The fourth-order valence-corrected chi connectivity index (χ4v) is 3.57. The predicted molar refractivity (Wildman–Crippen MR) is 124 cm³/mol. The molecule has 0 saturated heterocycles. The van der Waals surface area contributed by atoms with Crippen molar-refractivity contribution in [1.82, 2.24) is 10.6 Å². The number of benzene rings is 3. The minimum absolute atomic E-state index is 0.144. The SMILES string of the molecule is COc1cccc(OC2CC=CC=C2NC(=O)CNC(=O)c2cccc3ccccc23)c1. The fraction of sp³-hybridized carbons (Fsp3) is 0.154. The van der Waals surface area contributed by atoms with Gasteiger partial charge in [-0.2, -0.15) is 0 Å². The van der Waals surface area contributed by atoms with E-state index in [0.29, 0.717) is 29.2 Å². The summed E-state index contributed by atoms with van der Waals surface area (Å²) < 4.78 is 11.3. The van der Waals surface area contributed by atoms with Crippen molar-refractivity contribution in [3.05, 3.63) is 96.2 Å². The first-order valence-corrected chi connectivity index (χ1v) is 10.4. The zero-order valence-electron chi connectivity index (χ0n) is 17.7. The van der Waals surface area contributed by atoms with Crippen molar-refractivity contribution in [3.63, 3.8) is 0 Å². The summed E-state index contributed by atoms with van der Waals surface area (Å²) >= 11 is 0. The maximum Gasteiger partial charge on any atom is 0.252 e. The number of hydrogen-bond acceptors (Lipinski definition) is 4. The number of allylic oxidation sites excluding steroid dienone is 2. The maximum absolute atomic E-state index is 12.7. The van der Waals surface area contributed by atoms with E-state index in [4.69, 9.17) is 9.47 Å². The first-order chi connectivity index (χ1) is 15.6. The number of rotatable bonds is 7. The van der Waals surface area contributed by atoms with Gasteiger partial charge in [0.15, 0.2) is 0 Å². The van der Waals surface area contributed by atoms with Gasteiger partial charge in [0.1, 0.15) is 17.6 Å².